The smallest absolute Gasteiger partial charge is 0.422 e. The van der Waals surface area contributed by atoms with E-state index in [0.717, 1.165) is 11.3 Å². The second-order valence-corrected chi connectivity index (χ2v) is 6.45. The van der Waals surface area contributed by atoms with Crippen molar-refractivity contribution in [2.75, 3.05) is 6.61 Å². The first-order chi connectivity index (χ1) is 12.0. The fourth-order valence-corrected chi connectivity index (χ4v) is 3.12. The van der Waals surface area contributed by atoms with Gasteiger partial charge in [-0.05, 0) is 37.6 Å². The number of hydrogen-bond acceptors (Lipinski definition) is 4. The average Bonchev–Trinajstić information content (AvgIpc) is 2.56. The Bertz CT molecular complexity index is 1020. The molecule has 0 aliphatic heterocycles. The summed E-state index contributed by atoms with van der Waals surface area (Å²) in [5, 5.41) is 0.709. The van der Waals surface area contributed by atoms with Crippen LogP contribution in [0.25, 0.3) is 10.9 Å². The van der Waals surface area contributed by atoms with Crippen molar-refractivity contribution in [1.82, 2.24) is 4.57 Å². The van der Waals surface area contributed by atoms with Crippen molar-refractivity contribution >= 4 is 34.1 Å². The fourth-order valence-electron chi connectivity index (χ4n) is 2.53. The molecule has 0 fully saturated rings. The van der Waals surface area contributed by atoms with Crippen molar-refractivity contribution in [3.63, 3.8) is 0 Å². The van der Waals surface area contributed by atoms with Crippen LogP contribution in [0.4, 0.5) is 0 Å². The lowest BCUT2D eigenvalue weighted by atomic mass is 10.2. The van der Waals surface area contributed by atoms with E-state index in [9.17, 15) is 9.59 Å². The summed E-state index contributed by atoms with van der Waals surface area (Å²) in [6.45, 7) is 2.70. The van der Waals surface area contributed by atoms with E-state index in [0.29, 0.717) is 30.1 Å². The van der Waals surface area contributed by atoms with Gasteiger partial charge in [-0.25, -0.2) is 9.59 Å². The predicted octanol–water partition coefficient (Wildman–Crippen LogP) is 4.04. The van der Waals surface area contributed by atoms with Crippen LogP contribution >= 0.6 is 23.2 Å². The van der Waals surface area contributed by atoms with E-state index in [2.05, 4.69) is 0 Å². The number of rotatable bonds is 5. The molecule has 0 aliphatic rings. The van der Waals surface area contributed by atoms with Crippen molar-refractivity contribution in [2.24, 2.45) is 0 Å². The van der Waals surface area contributed by atoms with Crippen molar-refractivity contribution in [3.05, 3.63) is 73.0 Å². The van der Waals surface area contributed by atoms with Crippen LogP contribution in [0.1, 0.15) is 12.0 Å². The zero-order valence-corrected chi connectivity index (χ0v) is 14.9. The maximum atomic E-state index is 12.1. The number of nitrogens with zero attached hydrogens (tertiary/aromatic N) is 1. The lowest BCUT2D eigenvalue weighted by Gasteiger charge is -2.11. The van der Waals surface area contributed by atoms with Gasteiger partial charge in [0.1, 0.15) is 5.75 Å². The Hall–Kier alpha value is -2.24. The van der Waals surface area contributed by atoms with Gasteiger partial charge in [-0.15, -0.1) is 0 Å². The Morgan fingerprint density at radius 2 is 1.84 bits per heavy atom. The monoisotopic (exact) mass is 379 g/mol. The van der Waals surface area contributed by atoms with Crippen LogP contribution in [0, 0.1) is 6.92 Å². The molecule has 25 heavy (non-hydrogen) atoms. The van der Waals surface area contributed by atoms with Crippen LogP contribution in [-0.2, 0) is 6.54 Å². The lowest BCUT2D eigenvalue weighted by molar-refractivity contribution is 0.296. The maximum absolute atomic E-state index is 12.1. The topological polar surface area (TPSA) is 61.4 Å². The van der Waals surface area contributed by atoms with Gasteiger partial charge >= 0.3 is 11.4 Å². The third kappa shape index (κ3) is 3.89. The fraction of sp³-hybridized carbons (Fsp3) is 0.222. The molecule has 3 rings (SSSR count). The van der Waals surface area contributed by atoms with Gasteiger partial charge in [-0.2, -0.15) is 0 Å². The molecule has 5 nitrogen and oxygen atoms in total. The Balaban J connectivity index is 1.80. The maximum Gasteiger partial charge on any atom is 0.422 e. The molecular formula is C18H15Cl2NO4. The molecule has 7 heteroatoms. The molecule has 1 heterocycles. The summed E-state index contributed by atoms with van der Waals surface area (Å²) in [6.07, 6.45) is 0.537. The van der Waals surface area contributed by atoms with Crippen LogP contribution in [0.3, 0.4) is 0 Å². The molecule has 2 aromatic carbocycles. The summed E-state index contributed by atoms with van der Waals surface area (Å²) >= 11 is 12.1. The van der Waals surface area contributed by atoms with Gasteiger partial charge in [-0.1, -0.05) is 40.9 Å². The molecule has 0 unspecified atom stereocenters. The first-order valence-electron chi connectivity index (χ1n) is 7.68. The number of aryl methyl sites for hydroxylation is 2. The molecule has 3 aromatic rings. The minimum absolute atomic E-state index is 0.177. The number of aromatic nitrogens is 1. The van der Waals surface area contributed by atoms with Gasteiger partial charge in [0.05, 0.1) is 22.5 Å². The van der Waals surface area contributed by atoms with E-state index in [1.54, 1.807) is 0 Å². The van der Waals surface area contributed by atoms with Crippen molar-refractivity contribution in [3.8, 4) is 5.75 Å². The SMILES string of the molecule is Cc1ccc(OCCCn2c(=O)oc(=O)c3cc(Cl)cc(Cl)c32)cc1. The first-order valence-corrected chi connectivity index (χ1v) is 8.43. The highest BCUT2D eigenvalue weighted by Crippen LogP contribution is 2.25. The molecule has 0 spiro atoms. The number of hydrogen-bond donors (Lipinski definition) is 0. The van der Waals surface area contributed by atoms with E-state index >= 15 is 0 Å². The van der Waals surface area contributed by atoms with E-state index in [1.165, 1.54) is 16.7 Å². The quantitative estimate of drug-likeness (QED) is 0.627. The summed E-state index contributed by atoms with van der Waals surface area (Å²) in [7, 11) is 0. The first kappa shape index (κ1) is 17.6. The number of ether oxygens (including phenoxy) is 1. The molecule has 1 aromatic heterocycles. The van der Waals surface area contributed by atoms with Gasteiger partial charge in [0.2, 0.25) is 0 Å². The molecule has 0 N–H and O–H groups in total. The molecule has 0 saturated carbocycles. The van der Waals surface area contributed by atoms with Crippen LogP contribution in [0.15, 0.2) is 50.4 Å². The summed E-state index contributed by atoms with van der Waals surface area (Å²) in [4.78, 5) is 23.9. The molecular weight excluding hydrogens is 365 g/mol. The molecule has 130 valence electrons. The summed E-state index contributed by atoms with van der Waals surface area (Å²) in [5.41, 5.74) is 0.720. The normalized spacial score (nSPS) is 11.0. The van der Waals surface area contributed by atoms with Gasteiger partial charge in [0.15, 0.2) is 0 Å². The van der Waals surface area contributed by atoms with E-state index < -0.39 is 11.4 Å². The Morgan fingerprint density at radius 1 is 1.12 bits per heavy atom. The molecule has 0 saturated heterocycles. The highest BCUT2D eigenvalue weighted by Gasteiger charge is 2.13. The second kappa shape index (κ2) is 7.33. The zero-order valence-electron chi connectivity index (χ0n) is 13.4. The zero-order chi connectivity index (χ0) is 18.0. The summed E-state index contributed by atoms with van der Waals surface area (Å²) in [5.74, 6) is 0.00395. The van der Waals surface area contributed by atoms with Crippen molar-refractivity contribution in [2.45, 2.75) is 19.9 Å². The van der Waals surface area contributed by atoms with Gasteiger partial charge in [0.25, 0.3) is 0 Å². The van der Waals surface area contributed by atoms with Crippen LogP contribution in [0.5, 0.6) is 5.75 Å². The second-order valence-electron chi connectivity index (χ2n) is 5.61. The molecule has 0 amide bonds. The highest BCUT2D eigenvalue weighted by atomic mass is 35.5. The third-order valence-corrected chi connectivity index (χ3v) is 4.24. The molecule has 0 bridgehead atoms. The molecule has 0 aliphatic carbocycles. The van der Waals surface area contributed by atoms with Crippen LogP contribution < -0.4 is 16.1 Å². The van der Waals surface area contributed by atoms with Crippen LogP contribution in [-0.4, -0.2) is 11.2 Å². The number of fused-ring (bicyclic) bond motifs is 1. The van der Waals surface area contributed by atoms with Gasteiger partial charge in [-0.3, -0.25) is 4.57 Å². The van der Waals surface area contributed by atoms with Crippen LogP contribution in [0.2, 0.25) is 10.0 Å². The number of benzene rings is 2. The van der Waals surface area contributed by atoms with E-state index in [-0.39, 0.29) is 10.4 Å². The third-order valence-electron chi connectivity index (χ3n) is 3.73. The van der Waals surface area contributed by atoms with Crippen molar-refractivity contribution < 1.29 is 9.15 Å². The highest BCUT2D eigenvalue weighted by molar-refractivity contribution is 6.38. The summed E-state index contributed by atoms with van der Waals surface area (Å²) in [6, 6.07) is 10.6. The van der Waals surface area contributed by atoms with E-state index in [4.69, 9.17) is 32.4 Å². The largest absolute Gasteiger partial charge is 0.494 e. The Morgan fingerprint density at radius 3 is 2.56 bits per heavy atom. The van der Waals surface area contributed by atoms with E-state index in [1.807, 2.05) is 31.2 Å². The molecule has 0 atom stereocenters. The predicted molar refractivity (Wildman–Crippen MR) is 98.1 cm³/mol. The average molecular weight is 380 g/mol. The minimum Gasteiger partial charge on any atom is -0.494 e. The Labute approximate surface area is 153 Å². The van der Waals surface area contributed by atoms with Gasteiger partial charge in [0, 0.05) is 11.6 Å². The van der Waals surface area contributed by atoms with Gasteiger partial charge < -0.3 is 9.15 Å². The standard InChI is InChI=1S/C18H15Cl2NO4/c1-11-3-5-13(6-4-11)24-8-2-7-21-16-14(17(22)25-18(21)23)9-12(19)10-15(16)20/h3-6,9-10H,2,7-8H2,1H3. The van der Waals surface area contributed by atoms with Crippen molar-refractivity contribution in [1.29, 1.82) is 0 Å². The summed E-state index contributed by atoms with van der Waals surface area (Å²) < 4.78 is 11.7. The minimum atomic E-state index is -0.753. The molecule has 0 radical (unpaired) electrons. The number of halogens is 2. The Kier molecular flexibility index (Phi) is 5.16. The lowest BCUT2D eigenvalue weighted by Crippen LogP contribution is -2.26.